The first-order valence-electron chi connectivity index (χ1n) is 12.9. The van der Waals surface area contributed by atoms with Crippen LogP contribution in [0.2, 0.25) is 0 Å². The maximum Gasteiger partial charge on any atom is 0.255 e. The summed E-state index contributed by atoms with van der Waals surface area (Å²) in [5.41, 5.74) is 6.19. The number of hydrogen-bond acceptors (Lipinski definition) is 6. The van der Waals surface area contributed by atoms with Crippen LogP contribution in [-0.2, 0) is 10.0 Å². The molecule has 9 nitrogen and oxygen atoms in total. The molecule has 0 aliphatic heterocycles. The van der Waals surface area contributed by atoms with Gasteiger partial charge in [-0.15, -0.1) is 0 Å². The monoisotopic (exact) mass is 603 g/mol. The number of halogens is 2. The Morgan fingerprint density at radius 1 is 1.15 bits per heavy atom. The van der Waals surface area contributed by atoms with Crippen LogP contribution in [0.4, 0.5) is 10.1 Å². The number of aliphatic hydroxyl groups is 1. The highest BCUT2D eigenvalue weighted by Crippen LogP contribution is 2.48. The molecule has 1 amide bonds. The fourth-order valence-corrected chi connectivity index (χ4v) is 5.61. The number of benzene rings is 3. The summed E-state index contributed by atoms with van der Waals surface area (Å²) in [5.74, 6) is 0.745. The van der Waals surface area contributed by atoms with Gasteiger partial charge in [0, 0.05) is 24.1 Å². The van der Waals surface area contributed by atoms with Crippen LogP contribution in [-0.4, -0.2) is 51.9 Å². The molecule has 5 N–H and O–H groups in total. The highest BCUT2D eigenvalue weighted by Gasteiger charge is 2.33. The van der Waals surface area contributed by atoms with E-state index in [0.717, 1.165) is 24.7 Å². The molecule has 1 unspecified atom stereocenters. The number of quaternary nitrogens is 1. The molecule has 41 heavy (non-hydrogen) atoms. The second-order valence-corrected chi connectivity index (χ2v) is 11.8. The molecule has 1 aliphatic rings. The molecule has 1 saturated carbocycles. The Balaban J connectivity index is 0.00000387. The third-order valence-corrected chi connectivity index (χ3v) is 8.00. The topological polar surface area (TPSA) is 137 Å². The van der Waals surface area contributed by atoms with Gasteiger partial charge in [-0.25, -0.2) is 12.8 Å². The van der Waals surface area contributed by atoms with Crippen molar-refractivity contribution >= 4 is 32.6 Å². The quantitative estimate of drug-likeness (QED) is 0.243. The van der Waals surface area contributed by atoms with E-state index in [1.807, 2.05) is 6.07 Å². The second kappa shape index (κ2) is 12.1. The summed E-state index contributed by atoms with van der Waals surface area (Å²) in [4.78, 5) is 13.1. The lowest BCUT2D eigenvalue weighted by Gasteiger charge is -2.26. The first-order valence-corrected chi connectivity index (χ1v) is 14.7. The van der Waals surface area contributed by atoms with Gasteiger partial charge in [0.05, 0.1) is 24.1 Å². The molecule has 12 heteroatoms. The van der Waals surface area contributed by atoms with Crippen LogP contribution in [0.3, 0.4) is 0 Å². The van der Waals surface area contributed by atoms with Crippen LogP contribution in [0, 0.1) is 5.82 Å². The van der Waals surface area contributed by atoms with E-state index in [1.165, 1.54) is 35.6 Å². The molecule has 1 aliphatic carbocycles. The number of carbonyl (C=O) groups excluding carboxylic acids is 1. The number of hydrogen-bond donors (Lipinski definition) is 3. The number of anilines is 1. The van der Waals surface area contributed by atoms with Crippen LogP contribution < -0.4 is 32.5 Å². The van der Waals surface area contributed by atoms with Gasteiger partial charge in [-0.3, -0.25) is 9.10 Å². The molecule has 218 valence electrons. The van der Waals surface area contributed by atoms with Crippen LogP contribution in [0.15, 0.2) is 65.1 Å². The van der Waals surface area contributed by atoms with E-state index in [2.05, 4.69) is 11.1 Å². The molecule has 3 aromatic carbocycles. The number of aliphatic hydroxyl groups excluding tert-OH is 1. The van der Waals surface area contributed by atoms with Crippen molar-refractivity contribution in [3.8, 4) is 22.8 Å². The third-order valence-electron chi connectivity index (χ3n) is 6.85. The van der Waals surface area contributed by atoms with E-state index in [1.54, 1.807) is 30.3 Å². The lowest BCUT2D eigenvalue weighted by atomic mass is 10.00. The van der Waals surface area contributed by atoms with E-state index in [0.29, 0.717) is 45.0 Å². The molecule has 0 bridgehead atoms. The van der Waals surface area contributed by atoms with Crippen LogP contribution in [0.25, 0.3) is 22.3 Å². The smallest absolute Gasteiger partial charge is 0.255 e. The largest absolute Gasteiger partial charge is 1.00 e. The summed E-state index contributed by atoms with van der Waals surface area (Å²) >= 11 is 0. The van der Waals surface area contributed by atoms with E-state index in [9.17, 15) is 22.7 Å². The molecule has 0 saturated heterocycles. The molecular formula is C29H31ClFN3O6S. The van der Waals surface area contributed by atoms with Gasteiger partial charge in [0.25, 0.3) is 5.91 Å². The zero-order valence-electron chi connectivity index (χ0n) is 22.6. The van der Waals surface area contributed by atoms with E-state index in [4.69, 9.17) is 9.15 Å². The van der Waals surface area contributed by atoms with Gasteiger partial charge in [0.15, 0.2) is 0 Å². The van der Waals surface area contributed by atoms with Crippen LogP contribution in [0.1, 0.15) is 34.7 Å². The van der Waals surface area contributed by atoms with Gasteiger partial charge < -0.3 is 37.7 Å². The molecule has 1 heterocycles. The van der Waals surface area contributed by atoms with Gasteiger partial charge in [-0.1, -0.05) is 0 Å². The maximum absolute atomic E-state index is 13.2. The van der Waals surface area contributed by atoms with Gasteiger partial charge in [0.1, 0.15) is 41.3 Å². The van der Waals surface area contributed by atoms with Crippen molar-refractivity contribution in [2.24, 2.45) is 0 Å². The summed E-state index contributed by atoms with van der Waals surface area (Å²) in [6, 6.07) is 16.1. The van der Waals surface area contributed by atoms with Gasteiger partial charge >= 0.3 is 0 Å². The summed E-state index contributed by atoms with van der Waals surface area (Å²) < 4.78 is 52.0. The molecule has 0 radical (unpaired) electrons. The highest BCUT2D eigenvalue weighted by atomic mass is 35.5. The number of nitrogens with one attached hydrogen (secondary N) is 1. The molecule has 4 aromatic rings. The second-order valence-electron chi connectivity index (χ2n) is 9.88. The van der Waals surface area contributed by atoms with E-state index < -0.39 is 16.1 Å². The van der Waals surface area contributed by atoms with Crippen LogP contribution >= 0.6 is 0 Å². The number of rotatable bonds is 10. The van der Waals surface area contributed by atoms with Gasteiger partial charge in [-0.2, -0.15) is 0 Å². The number of nitrogens with zero attached hydrogens (tertiary/aromatic N) is 1. The van der Waals surface area contributed by atoms with Crippen molar-refractivity contribution in [2.75, 3.05) is 30.7 Å². The Morgan fingerprint density at radius 3 is 2.29 bits per heavy atom. The summed E-state index contributed by atoms with van der Waals surface area (Å²) in [7, 11) is -2.21. The van der Waals surface area contributed by atoms with Crippen molar-refractivity contribution in [1.82, 2.24) is 5.32 Å². The third kappa shape index (κ3) is 6.48. The van der Waals surface area contributed by atoms with E-state index >= 15 is 0 Å². The average molecular weight is 604 g/mol. The lowest BCUT2D eigenvalue weighted by molar-refractivity contribution is -0.382. The molecular weight excluding hydrogens is 573 g/mol. The predicted octanol–water partition coefficient (Wildman–Crippen LogP) is 0.641. The predicted molar refractivity (Wildman–Crippen MR) is 149 cm³/mol. The minimum atomic E-state index is -3.74. The van der Waals surface area contributed by atoms with Crippen molar-refractivity contribution in [3.63, 3.8) is 0 Å². The molecule has 1 atom stereocenters. The molecule has 1 aromatic heterocycles. The molecule has 5 rings (SSSR count). The lowest BCUT2D eigenvalue weighted by Crippen LogP contribution is -3.00. The van der Waals surface area contributed by atoms with Crippen LogP contribution in [0.5, 0.6) is 11.5 Å². The van der Waals surface area contributed by atoms with Crippen molar-refractivity contribution < 1.29 is 50.0 Å². The average Bonchev–Trinajstić information content (AvgIpc) is 3.72. The SMILES string of the molecule is CNC(=O)c1c(-c2ccc(Oc3ccc(F)cc3)cc2)oc2cc(N(CC(O)C[NH3+])S(C)(=O)=O)c(C3CC3)cc12.[Cl-]. The maximum atomic E-state index is 13.2. The highest BCUT2D eigenvalue weighted by molar-refractivity contribution is 7.92. The normalized spacial score (nSPS) is 13.9. The van der Waals surface area contributed by atoms with E-state index in [-0.39, 0.29) is 43.1 Å². The zero-order valence-corrected chi connectivity index (χ0v) is 24.1. The minimum absolute atomic E-state index is 0. The number of carbonyl (C=O) groups is 1. The van der Waals surface area contributed by atoms with Crippen molar-refractivity contribution in [1.29, 1.82) is 0 Å². The van der Waals surface area contributed by atoms with Crippen molar-refractivity contribution in [2.45, 2.75) is 24.9 Å². The Bertz CT molecular complexity index is 1650. The summed E-state index contributed by atoms with van der Waals surface area (Å²) in [6.07, 6.45) is 1.94. The number of ether oxygens (including phenoxy) is 1. The summed E-state index contributed by atoms with van der Waals surface area (Å²) in [5, 5.41) is 13.5. The standard InChI is InChI=1S/C29H30FN3O6S.ClH/c1-32-29(35)27-24-13-23(17-3-4-17)25(33(40(2,36)37)16-20(34)15-31)14-26(24)39-28(27)18-5-9-21(10-6-18)38-22-11-7-19(30)8-12-22;/h5-14,17,20,34H,3-4,15-16,31H2,1-2H3,(H,32,35);1H. The fourth-order valence-electron chi connectivity index (χ4n) is 4.65. The number of sulfonamides is 1. The Hall–Kier alpha value is -3.64. The first kappa shape index (κ1) is 30.3. The fraction of sp³-hybridized carbons (Fsp3) is 0.276. The molecule has 1 fully saturated rings. The number of amides is 1. The molecule has 0 spiro atoms. The number of furan rings is 1. The Morgan fingerprint density at radius 2 is 1.76 bits per heavy atom. The first-order chi connectivity index (χ1) is 19.1. The summed E-state index contributed by atoms with van der Waals surface area (Å²) in [6.45, 7) is 0.0125. The number of fused-ring (bicyclic) bond motifs is 1. The van der Waals surface area contributed by atoms with Gasteiger partial charge in [-0.05, 0) is 78.9 Å². The Kier molecular flexibility index (Phi) is 8.93. The van der Waals surface area contributed by atoms with Crippen molar-refractivity contribution in [3.05, 3.63) is 77.6 Å². The Labute approximate surface area is 243 Å². The van der Waals surface area contributed by atoms with Gasteiger partial charge in [0.2, 0.25) is 10.0 Å². The minimum Gasteiger partial charge on any atom is -1.00 e. The zero-order chi connectivity index (χ0) is 28.6.